The molecule has 2 rings (SSSR count). The van der Waals surface area contributed by atoms with E-state index in [9.17, 15) is 13.2 Å². The quantitative estimate of drug-likeness (QED) is 0.831. The number of benzene rings is 1. The predicted molar refractivity (Wildman–Crippen MR) is 76.9 cm³/mol. The molecule has 0 atom stereocenters. The second-order valence-corrected chi connectivity index (χ2v) is 5.25. The average molecular weight is 302 g/mol. The first-order valence-electron chi connectivity index (χ1n) is 7.16. The summed E-state index contributed by atoms with van der Waals surface area (Å²) >= 11 is 0. The van der Waals surface area contributed by atoms with Gasteiger partial charge in [0, 0.05) is 38.3 Å². The highest BCUT2D eigenvalue weighted by Gasteiger charge is 2.27. The summed E-state index contributed by atoms with van der Waals surface area (Å²) in [5.74, 6) is 0.824. The number of piperazine rings is 1. The van der Waals surface area contributed by atoms with Crippen molar-refractivity contribution in [2.75, 3.05) is 44.7 Å². The fourth-order valence-electron chi connectivity index (χ4n) is 2.53. The van der Waals surface area contributed by atoms with Gasteiger partial charge in [-0.3, -0.25) is 4.90 Å². The number of halogens is 3. The summed E-state index contributed by atoms with van der Waals surface area (Å²) in [6, 6.07) is 7.87. The maximum Gasteiger partial charge on any atom is 0.389 e. The van der Waals surface area contributed by atoms with E-state index in [-0.39, 0.29) is 6.42 Å². The van der Waals surface area contributed by atoms with Crippen LogP contribution in [0, 0.1) is 0 Å². The predicted octanol–water partition coefficient (Wildman–Crippen LogP) is 3.16. The van der Waals surface area contributed by atoms with Crippen LogP contribution in [0.1, 0.15) is 12.8 Å². The van der Waals surface area contributed by atoms with Gasteiger partial charge in [-0.2, -0.15) is 13.2 Å². The molecule has 1 fully saturated rings. The van der Waals surface area contributed by atoms with Gasteiger partial charge in [0.15, 0.2) is 0 Å². The summed E-state index contributed by atoms with van der Waals surface area (Å²) in [5, 5.41) is 0. The lowest BCUT2D eigenvalue weighted by molar-refractivity contribution is -0.136. The van der Waals surface area contributed by atoms with Crippen LogP contribution in [-0.4, -0.2) is 50.9 Å². The zero-order chi connectivity index (χ0) is 15.3. The molecule has 1 aromatic rings. The Hall–Kier alpha value is -1.43. The number of alkyl halides is 3. The van der Waals surface area contributed by atoms with E-state index < -0.39 is 12.6 Å². The molecule has 0 aliphatic carbocycles. The minimum absolute atomic E-state index is 0.187. The number of anilines is 1. The molecule has 0 saturated carbocycles. The molecule has 1 aliphatic heterocycles. The third-order valence-electron chi connectivity index (χ3n) is 3.74. The molecule has 0 spiro atoms. The normalized spacial score (nSPS) is 17.0. The fourth-order valence-corrected chi connectivity index (χ4v) is 2.53. The van der Waals surface area contributed by atoms with Gasteiger partial charge >= 0.3 is 6.18 Å². The zero-order valence-electron chi connectivity index (χ0n) is 12.2. The van der Waals surface area contributed by atoms with Crippen molar-refractivity contribution in [1.82, 2.24) is 4.90 Å². The lowest BCUT2D eigenvalue weighted by atomic mass is 10.2. The molecular formula is C15H21F3N2O. The molecule has 0 radical (unpaired) electrons. The van der Waals surface area contributed by atoms with Crippen LogP contribution < -0.4 is 9.64 Å². The van der Waals surface area contributed by atoms with Crippen LogP contribution in [0.5, 0.6) is 5.75 Å². The van der Waals surface area contributed by atoms with E-state index in [2.05, 4.69) is 9.80 Å². The van der Waals surface area contributed by atoms with Crippen molar-refractivity contribution in [3.05, 3.63) is 24.3 Å². The smallest absolute Gasteiger partial charge is 0.389 e. The highest BCUT2D eigenvalue weighted by Crippen LogP contribution is 2.23. The largest absolute Gasteiger partial charge is 0.497 e. The van der Waals surface area contributed by atoms with E-state index in [0.717, 1.165) is 37.6 Å². The highest BCUT2D eigenvalue weighted by atomic mass is 19.4. The molecule has 21 heavy (non-hydrogen) atoms. The Labute approximate surface area is 123 Å². The molecule has 118 valence electrons. The molecule has 0 N–H and O–H groups in total. The molecule has 1 heterocycles. The van der Waals surface area contributed by atoms with E-state index in [0.29, 0.717) is 6.54 Å². The van der Waals surface area contributed by atoms with Crippen molar-refractivity contribution < 1.29 is 17.9 Å². The van der Waals surface area contributed by atoms with Crippen molar-refractivity contribution in [2.24, 2.45) is 0 Å². The van der Waals surface area contributed by atoms with Gasteiger partial charge in [-0.15, -0.1) is 0 Å². The number of hydrogen-bond donors (Lipinski definition) is 0. The topological polar surface area (TPSA) is 15.7 Å². The Morgan fingerprint density at radius 3 is 2.19 bits per heavy atom. The van der Waals surface area contributed by atoms with Crippen molar-refractivity contribution >= 4 is 5.69 Å². The van der Waals surface area contributed by atoms with Gasteiger partial charge in [0.05, 0.1) is 7.11 Å². The van der Waals surface area contributed by atoms with Crippen LogP contribution in [0.4, 0.5) is 18.9 Å². The first-order chi connectivity index (χ1) is 9.98. The van der Waals surface area contributed by atoms with Crippen LogP contribution in [0.15, 0.2) is 24.3 Å². The summed E-state index contributed by atoms with van der Waals surface area (Å²) in [4.78, 5) is 4.35. The van der Waals surface area contributed by atoms with E-state index in [1.54, 1.807) is 7.11 Å². The van der Waals surface area contributed by atoms with Crippen molar-refractivity contribution in [2.45, 2.75) is 19.0 Å². The number of nitrogens with zero attached hydrogens (tertiary/aromatic N) is 2. The van der Waals surface area contributed by atoms with E-state index in [4.69, 9.17) is 4.74 Å². The van der Waals surface area contributed by atoms with Crippen LogP contribution in [0.25, 0.3) is 0 Å². The Morgan fingerprint density at radius 2 is 1.67 bits per heavy atom. The van der Waals surface area contributed by atoms with Crippen LogP contribution in [0.2, 0.25) is 0 Å². The Bertz CT molecular complexity index is 426. The van der Waals surface area contributed by atoms with Gasteiger partial charge in [0.1, 0.15) is 5.75 Å². The third kappa shape index (κ3) is 5.12. The van der Waals surface area contributed by atoms with Crippen LogP contribution in [0.3, 0.4) is 0 Å². The van der Waals surface area contributed by atoms with Crippen LogP contribution >= 0.6 is 0 Å². The zero-order valence-corrected chi connectivity index (χ0v) is 12.2. The Kier molecular flexibility index (Phi) is 5.33. The Morgan fingerprint density at radius 1 is 1.05 bits per heavy atom. The third-order valence-corrected chi connectivity index (χ3v) is 3.74. The van der Waals surface area contributed by atoms with Gasteiger partial charge in [-0.25, -0.2) is 0 Å². The molecular weight excluding hydrogens is 281 g/mol. The summed E-state index contributed by atoms with van der Waals surface area (Å²) in [5.41, 5.74) is 1.13. The van der Waals surface area contributed by atoms with Gasteiger partial charge in [-0.1, -0.05) is 0 Å². The molecule has 0 bridgehead atoms. The van der Waals surface area contributed by atoms with Gasteiger partial charge in [0.25, 0.3) is 0 Å². The lowest BCUT2D eigenvalue weighted by Crippen LogP contribution is -2.46. The van der Waals surface area contributed by atoms with Gasteiger partial charge < -0.3 is 9.64 Å². The lowest BCUT2D eigenvalue weighted by Gasteiger charge is -2.36. The number of hydrogen-bond acceptors (Lipinski definition) is 3. The van der Waals surface area contributed by atoms with Crippen molar-refractivity contribution in [3.8, 4) is 5.75 Å². The summed E-state index contributed by atoms with van der Waals surface area (Å²) in [6.07, 6.45) is -4.54. The minimum Gasteiger partial charge on any atom is -0.497 e. The van der Waals surface area contributed by atoms with E-state index in [1.165, 1.54) is 0 Å². The minimum atomic E-state index is -4.04. The molecule has 1 saturated heterocycles. The molecule has 0 amide bonds. The average Bonchev–Trinajstić information content (AvgIpc) is 2.47. The van der Waals surface area contributed by atoms with Gasteiger partial charge in [-0.05, 0) is 37.2 Å². The molecule has 0 aromatic heterocycles. The molecule has 1 aliphatic rings. The number of ether oxygens (including phenoxy) is 1. The van der Waals surface area contributed by atoms with E-state index >= 15 is 0 Å². The first kappa shape index (κ1) is 15.9. The van der Waals surface area contributed by atoms with Crippen molar-refractivity contribution in [3.63, 3.8) is 0 Å². The molecule has 1 aromatic carbocycles. The van der Waals surface area contributed by atoms with Crippen LogP contribution in [-0.2, 0) is 0 Å². The first-order valence-corrected chi connectivity index (χ1v) is 7.16. The summed E-state index contributed by atoms with van der Waals surface area (Å²) in [7, 11) is 1.63. The van der Waals surface area contributed by atoms with Gasteiger partial charge in [0.2, 0.25) is 0 Å². The second kappa shape index (κ2) is 7.02. The SMILES string of the molecule is COc1ccc(N2CCN(CCCC(F)(F)F)CC2)cc1. The summed E-state index contributed by atoms with van der Waals surface area (Å²) in [6.45, 7) is 3.83. The number of methoxy groups -OCH3 is 1. The Balaban J connectivity index is 1.74. The fraction of sp³-hybridized carbons (Fsp3) is 0.600. The molecule has 0 unspecified atom stereocenters. The highest BCUT2D eigenvalue weighted by molar-refractivity contribution is 5.49. The molecule has 3 nitrogen and oxygen atoms in total. The van der Waals surface area contributed by atoms with Crippen molar-refractivity contribution in [1.29, 1.82) is 0 Å². The molecule has 6 heteroatoms. The maximum atomic E-state index is 12.1. The number of rotatable bonds is 5. The standard InChI is InChI=1S/C15H21F3N2O/c1-21-14-5-3-13(4-6-14)20-11-9-19(10-12-20)8-2-7-15(16,17)18/h3-6H,2,7-12H2,1H3. The summed E-state index contributed by atoms with van der Waals surface area (Å²) < 4.78 is 41.5. The monoisotopic (exact) mass is 302 g/mol. The maximum absolute atomic E-state index is 12.1. The second-order valence-electron chi connectivity index (χ2n) is 5.25. The van der Waals surface area contributed by atoms with E-state index in [1.807, 2.05) is 24.3 Å².